The molecule has 1 heterocycles. The largest absolute Gasteiger partial charge is 0.390 e. The third-order valence-electron chi connectivity index (χ3n) is 7.54. The Balaban J connectivity index is 1.70. The van der Waals surface area contributed by atoms with Crippen LogP contribution >= 0.6 is 0 Å². The number of hydrogen-bond donors (Lipinski definition) is 1. The van der Waals surface area contributed by atoms with Gasteiger partial charge in [-0.25, -0.2) is 0 Å². The summed E-state index contributed by atoms with van der Waals surface area (Å²) in [5.41, 5.74) is 0.877. The molecule has 0 amide bonds. The second-order valence-electron chi connectivity index (χ2n) is 9.87. The summed E-state index contributed by atoms with van der Waals surface area (Å²) in [6.45, 7) is 3.60. The molecular formula is C27H45NO. The second-order valence-corrected chi connectivity index (χ2v) is 9.87. The van der Waals surface area contributed by atoms with Crippen LogP contribution in [0.4, 0.5) is 0 Å². The Morgan fingerprint density at radius 1 is 0.759 bits per heavy atom. The first kappa shape index (κ1) is 22.8. The number of hydrogen-bond acceptors (Lipinski definition) is 2. The average molecular weight is 400 g/mol. The van der Waals surface area contributed by atoms with Gasteiger partial charge < -0.3 is 10.0 Å². The lowest BCUT2D eigenvalue weighted by Gasteiger charge is -2.40. The maximum Gasteiger partial charge on any atom is 0.0691 e. The molecule has 0 spiro atoms. The molecule has 1 aromatic carbocycles. The molecule has 1 saturated heterocycles. The smallest absolute Gasteiger partial charge is 0.0691 e. The van der Waals surface area contributed by atoms with Gasteiger partial charge in [-0.15, -0.1) is 0 Å². The molecule has 1 saturated carbocycles. The Bertz CT molecular complexity index is 537. The van der Waals surface area contributed by atoms with Gasteiger partial charge in [0.05, 0.1) is 5.60 Å². The first-order chi connectivity index (χ1) is 14.3. The molecule has 2 unspecified atom stereocenters. The first-order valence-corrected chi connectivity index (χ1v) is 12.7. The van der Waals surface area contributed by atoms with Gasteiger partial charge in [0.2, 0.25) is 0 Å². The SMILES string of the molecule is OC1(CCc2ccccc2)CCCCCCCCCCC1CN1CCCCCC1. The van der Waals surface area contributed by atoms with E-state index >= 15 is 0 Å². The standard InChI is InChI=1S/C27H45NO/c29-27(21-19-25-16-10-9-11-17-25)20-13-6-4-2-1-3-5-12-18-26(27)24-28-22-14-7-8-15-23-28/h9-11,16-17,26,29H,1-8,12-15,18-24H2. The van der Waals surface area contributed by atoms with Crippen molar-refractivity contribution in [3.8, 4) is 0 Å². The zero-order valence-corrected chi connectivity index (χ0v) is 18.8. The van der Waals surface area contributed by atoms with Gasteiger partial charge in [0.25, 0.3) is 0 Å². The predicted octanol–water partition coefficient (Wildman–Crippen LogP) is 6.76. The summed E-state index contributed by atoms with van der Waals surface area (Å²) in [5, 5.41) is 12.1. The van der Waals surface area contributed by atoms with E-state index in [-0.39, 0.29) is 0 Å². The second kappa shape index (κ2) is 12.7. The van der Waals surface area contributed by atoms with E-state index in [1.807, 2.05) is 0 Å². The summed E-state index contributed by atoms with van der Waals surface area (Å²) in [5.74, 6) is 0.434. The van der Waals surface area contributed by atoms with E-state index in [1.54, 1.807) is 0 Å². The van der Waals surface area contributed by atoms with Crippen molar-refractivity contribution >= 4 is 0 Å². The summed E-state index contributed by atoms with van der Waals surface area (Å²) < 4.78 is 0. The normalized spacial score (nSPS) is 28.8. The van der Waals surface area contributed by atoms with Crippen LogP contribution in [0.15, 0.2) is 30.3 Å². The van der Waals surface area contributed by atoms with Crippen molar-refractivity contribution in [1.82, 2.24) is 4.90 Å². The van der Waals surface area contributed by atoms with E-state index in [0.717, 1.165) is 25.8 Å². The topological polar surface area (TPSA) is 23.5 Å². The van der Waals surface area contributed by atoms with Gasteiger partial charge in [0.15, 0.2) is 0 Å². The van der Waals surface area contributed by atoms with Crippen LogP contribution in [0.2, 0.25) is 0 Å². The van der Waals surface area contributed by atoms with Gasteiger partial charge in [0.1, 0.15) is 0 Å². The highest BCUT2D eigenvalue weighted by Gasteiger charge is 2.36. The van der Waals surface area contributed by atoms with Crippen molar-refractivity contribution in [3.05, 3.63) is 35.9 Å². The first-order valence-electron chi connectivity index (χ1n) is 12.7. The van der Waals surface area contributed by atoms with Crippen LogP contribution in [0.1, 0.15) is 102 Å². The summed E-state index contributed by atoms with van der Waals surface area (Å²) >= 11 is 0. The van der Waals surface area contributed by atoms with E-state index in [2.05, 4.69) is 35.2 Å². The number of rotatable bonds is 5. The number of aliphatic hydroxyl groups is 1. The zero-order valence-electron chi connectivity index (χ0n) is 18.8. The van der Waals surface area contributed by atoms with Crippen LogP contribution in [0.25, 0.3) is 0 Å². The fraction of sp³-hybridized carbons (Fsp3) is 0.778. The van der Waals surface area contributed by atoms with Crippen molar-refractivity contribution < 1.29 is 5.11 Å². The van der Waals surface area contributed by atoms with Gasteiger partial charge in [-0.05, 0) is 57.2 Å². The minimum Gasteiger partial charge on any atom is -0.390 e. The summed E-state index contributed by atoms with van der Waals surface area (Å²) in [6.07, 6.45) is 20.3. The van der Waals surface area contributed by atoms with Gasteiger partial charge in [-0.3, -0.25) is 0 Å². The van der Waals surface area contributed by atoms with Crippen molar-refractivity contribution in [2.75, 3.05) is 19.6 Å². The number of benzene rings is 1. The summed E-state index contributed by atoms with van der Waals surface area (Å²) in [4.78, 5) is 2.69. The fourth-order valence-corrected chi connectivity index (χ4v) is 5.58. The lowest BCUT2D eigenvalue weighted by molar-refractivity contribution is -0.0511. The Kier molecular flexibility index (Phi) is 10.0. The molecule has 2 heteroatoms. The molecule has 1 aromatic rings. The maximum absolute atomic E-state index is 12.1. The molecule has 2 fully saturated rings. The molecule has 2 atom stereocenters. The van der Waals surface area contributed by atoms with Crippen LogP contribution in [0, 0.1) is 5.92 Å². The van der Waals surface area contributed by atoms with Gasteiger partial charge >= 0.3 is 0 Å². The third kappa shape index (κ3) is 8.06. The Labute approximate surface area is 180 Å². The molecular weight excluding hydrogens is 354 g/mol. The fourth-order valence-electron chi connectivity index (χ4n) is 5.58. The highest BCUT2D eigenvalue weighted by Crippen LogP contribution is 2.35. The zero-order chi connectivity index (χ0) is 20.2. The van der Waals surface area contributed by atoms with Gasteiger partial charge in [-0.1, -0.05) is 94.5 Å². The summed E-state index contributed by atoms with van der Waals surface area (Å²) in [6, 6.07) is 10.8. The van der Waals surface area contributed by atoms with E-state index < -0.39 is 5.60 Å². The van der Waals surface area contributed by atoms with Crippen LogP contribution in [-0.4, -0.2) is 35.2 Å². The Morgan fingerprint density at radius 2 is 1.34 bits per heavy atom. The monoisotopic (exact) mass is 399 g/mol. The molecule has 2 nitrogen and oxygen atoms in total. The highest BCUT2D eigenvalue weighted by molar-refractivity contribution is 5.15. The molecule has 1 N–H and O–H groups in total. The molecule has 1 aliphatic heterocycles. The molecule has 0 bridgehead atoms. The van der Waals surface area contributed by atoms with E-state index in [9.17, 15) is 5.11 Å². The molecule has 0 aromatic heterocycles. The number of aryl methyl sites for hydroxylation is 1. The Morgan fingerprint density at radius 3 is 2.03 bits per heavy atom. The number of nitrogens with zero attached hydrogens (tertiary/aromatic N) is 1. The van der Waals surface area contributed by atoms with E-state index in [0.29, 0.717) is 5.92 Å². The average Bonchev–Trinajstić information content (AvgIpc) is 3.01. The van der Waals surface area contributed by atoms with Crippen molar-refractivity contribution in [2.45, 2.75) is 108 Å². The minimum atomic E-state index is -0.499. The van der Waals surface area contributed by atoms with Gasteiger partial charge in [0, 0.05) is 12.5 Å². The minimum absolute atomic E-state index is 0.434. The Hall–Kier alpha value is -0.860. The molecule has 29 heavy (non-hydrogen) atoms. The van der Waals surface area contributed by atoms with E-state index in [4.69, 9.17) is 0 Å². The molecule has 3 rings (SSSR count). The lowest BCUT2D eigenvalue weighted by atomic mass is 9.75. The summed E-state index contributed by atoms with van der Waals surface area (Å²) in [7, 11) is 0. The maximum atomic E-state index is 12.1. The van der Waals surface area contributed by atoms with Crippen LogP contribution in [0.5, 0.6) is 0 Å². The van der Waals surface area contributed by atoms with E-state index in [1.165, 1.54) is 102 Å². The van der Waals surface area contributed by atoms with Crippen LogP contribution in [-0.2, 0) is 6.42 Å². The molecule has 2 aliphatic rings. The predicted molar refractivity (Wildman–Crippen MR) is 124 cm³/mol. The highest BCUT2D eigenvalue weighted by atomic mass is 16.3. The van der Waals surface area contributed by atoms with Crippen molar-refractivity contribution in [2.24, 2.45) is 5.92 Å². The molecule has 164 valence electrons. The number of likely N-dealkylation sites (tertiary alicyclic amines) is 1. The molecule has 0 radical (unpaired) electrons. The van der Waals surface area contributed by atoms with Crippen molar-refractivity contribution in [3.63, 3.8) is 0 Å². The lowest BCUT2D eigenvalue weighted by Crippen LogP contribution is -2.45. The van der Waals surface area contributed by atoms with Crippen LogP contribution in [0.3, 0.4) is 0 Å². The van der Waals surface area contributed by atoms with Crippen LogP contribution < -0.4 is 0 Å². The third-order valence-corrected chi connectivity index (χ3v) is 7.54. The van der Waals surface area contributed by atoms with Gasteiger partial charge in [-0.2, -0.15) is 0 Å². The quantitative estimate of drug-likeness (QED) is 0.591. The molecule has 1 aliphatic carbocycles. The van der Waals surface area contributed by atoms with Crippen molar-refractivity contribution in [1.29, 1.82) is 0 Å².